The highest BCUT2D eigenvalue weighted by Crippen LogP contribution is 2.14. The van der Waals surface area contributed by atoms with Crippen LogP contribution in [0.3, 0.4) is 0 Å². The van der Waals surface area contributed by atoms with Crippen LogP contribution >= 0.6 is 12.2 Å². The standard InChI is InChI=1S/C20H23N3O4S/c1-3-14(2)27-17-11-9-15(10-12-17)19(25)21-20(28)23-22-18(24)13-26-16-7-5-4-6-8-16/h4-12,14H,3,13H2,1-2H3,(H,22,24)(H2,21,23,25,28). The predicted molar refractivity (Wildman–Crippen MR) is 110 cm³/mol. The Bertz CT molecular complexity index is 797. The molecule has 0 heterocycles. The first-order valence-corrected chi connectivity index (χ1v) is 9.23. The summed E-state index contributed by atoms with van der Waals surface area (Å²) in [5.74, 6) is 0.431. The van der Waals surface area contributed by atoms with E-state index in [1.807, 2.05) is 19.9 Å². The molecule has 148 valence electrons. The van der Waals surface area contributed by atoms with E-state index in [1.54, 1.807) is 48.5 Å². The third-order valence-electron chi connectivity index (χ3n) is 3.68. The Labute approximate surface area is 169 Å². The summed E-state index contributed by atoms with van der Waals surface area (Å²) in [6.45, 7) is 3.82. The topological polar surface area (TPSA) is 88.7 Å². The third-order valence-corrected chi connectivity index (χ3v) is 3.89. The number of ether oxygens (including phenoxy) is 2. The van der Waals surface area contributed by atoms with Crippen molar-refractivity contribution in [3.63, 3.8) is 0 Å². The van der Waals surface area contributed by atoms with Crippen LogP contribution in [-0.2, 0) is 4.79 Å². The molecule has 0 saturated heterocycles. The number of carbonyl (C=O) groups excluding carboxylic acids is 2. The summed E-state index contributed by atoms with van der Waals surface area (Å²) in [4.78, 5) is 23.9. The van der Waals surface area contributed by atoms with Crippen molar-refractivity contribution in [2.75, 3.05) is 6.61 Å². The highest BCUT2D eigenvalue weighted by atomic mass is 32.1. The molecular formula is C20H23N3O4S. The Morgan fingerprint density at radius 1 is 1.00 bits per heavy atom. The molecule has 0 bridgehead atoms. The molecule has 0 radical (unpaired) electrons. The third kappa shape index (κ3) is 7.24. The maximum Gasteiger partial charge on any atom is 0.276 e. The molecule has 28 heavy (non-hydrogen) atoms. The van der Waals surface area contributed by atoms with E-state index < -0.39 is 11.8 Å². The lowest BCUT2D eigenvalue weighted by molar-refractivity contribution is -0.123. The lowest BCUT2D eigenvalue weighted by Crippen LogP contribution is -2.49. The van der Waals surface area contributed by atoms with Gasteiger partial charge in [-0.1, -0.05) is 25.1 Å². The fraction of sp³-hybridized carbons (Fsp3) is 0.250. The van der Waals surface area contributed by atoms with Gasteiger partial charge < -0.3 is 9.47 Å². The van der Waals surface area contributed by atoms with Crippen molar-refractivity contribution >= 4 is 29.1 Å². The Balaban J connectivity index is 1.73. The minimum atomic E-state index is -0.438. The molecule has 0 aliphatic rings. The van der Waals surface area contributed by atoms with E-state index in [-0.39, 0.29) is 17.8 Å². The summed E-state index contributed by atoms with van der Waals surface area (Å²) in [6, 6.07) is 15.7. The van der Waals surface area contributed by atoms with E-state index in [0.29, 0.717) is 17.1 Å². The molecule has 2 aromatic carbocycles. The number of benzene rings is 2. The van der Waals surface area contributed by atoms with Gasteiger partial charge in [0, 0.05) is 5.56 Å². The van der Waals surface area contributed by atoms with Crippen LogP contribution in [0.25, 0.3) is 0 Å². The summed E-state index contributed by atoms with van der Waals surface area (Å²) in [7, 11) is 0. The summed E-state index contributed by atoms with van der Waals surface area (Å²) < 4.78 is 11.0. The molecule has 0 aromatic heterocycles. The molecule has 0 aliphatic carbocycles. The monoisotopic (exact) mass is 401 g/mol. The minimum Gasteiger partial charge on any atom is -0.491 e. The molecule has 7 nitrogen and oxygen atoms in total. The van der Waals surface area contributed by atoms with E-state index in [1.165, 1.54) is 0 Å². The normalized spacial score (nSPS) is 11.1. The summed E-state index contributed by atoms with van der Waals surface area (Å²) in [5.41, 5.74) is 5.23. The van der Waals surface area contributed by atoms with Crippen molar-refractivity contribution in [3.05, 3.63) is 60.2 Å². The second kappa shape index (κ2) is 10.9. The smallest absolute Gasteiger partial charge is 0.276 e. The van der Waals surface area contributed by atoms with Gasteiger partial charge in [0.2, 0.25) is 0 Å². The molecule has 2 aromatic rings. The van der Waals surface area contributed by atoms with Gasteiger partial charge in [-0.15, -0.1) is 0 Å². The first-order chi connectivity index (χ1) is 13.5. The Hall–Kier alpha value is -3.13. The number of carbonyl (C=O) groups is 2. The number of amides is 2. The van der Waals surface area contributed by atoms with Gasteiger partial charge in [-0.05, 0) is 62.0 Å². The SMILES string of the molecule is CCC(C)Oc1ccc(C(=O)NC(=S)NNC(=O)COc2ccccc2)cc1. The maximum atomic E-state index is 12.2. The van der Waals surface area contributed by atoms with Gasteiger partial charge in [0.25, 0.3) is 11.8 Å². The van der Waals surface area contributed by atoms with Crippen molar-refractivity contribution in [1.82, 2.24) is 16.2 Å². The number of nitrogens with one attached hydrogen (secondary N) is 3. The predicted octanol–water partition coefficient (Wildman–Crippen LogP) is 2.58. The number of hydrogen-bond acceptors (Lipinski definition) is 5. The fourth-order valence-corrected chi connectivity index (χ4v) is 2.18. The zero-order valence-electron chi connectivity index (χ0n) is 15.7. The van der Waals surface area contributed by atoms with Crippen molar-refractivity contribution in [1.29, 1.82) is 0 Å². The Kier molecular flexibility index (Phi) is 8.23. The molecule has 1 atom stereocenters. The number of para-hydroxylation sites is 1. The molecule has 2 amide bonds. The van der Waals surface area contributed by atoms with Crippen molar-refractivity contribution in [2.24, 2.45) is 0 Å². The molecule has 0 spiro atoms. The van der Waals surface area contributed by atoms with E-state index >= 15 is 0 Å². The zero-order valence-corrected chi connectivity index (χ0v) is 16.5. The average Bonchev–Trinajstić information content (AvgIpc) is 2.71. The van der Waals surface area contributed by atoms with Crippen LogP contribution < -0.4 is 25.6 Å². The van der Waals surface area contributed by atoms with Crippen molar-refractivity contribution in [3.8, 4) is 11.5 Å². The van der Waals surface area contributed by atoms with E-state index in [4.69, 9.17) is 21.7 Å². The van der Waals surface area contributed by atoms with E-state index in [9.17, 15) is 9.59 Å². The number of hydrazine groups is 1. The molecule has 3 N–H and O–H groups in total. The summed E-state index contributed by atoms with van der Waals surface area (Å²) in [6.07, 6.45) is 0.996. The average molecular weight is 401 g/mol. The second-order valence-electron chi connectivity index (χ2n) is 5.92. The van der Waals surface area contributed by atoms with E-state index in [0.717, 1.165) is 6.42 Å². The van der Waals surface area contributed by atoms with Gasteiger partial charge in [-0.25, -0.2) is 0 Å². The summed E-state index contributed by atoms with van der Waals surface area (Å²) >= 11 is 5.00. The number of thiocarbonyl (C=S) groups is 1. The number of rotatable bonds is 7. The van der Waals surface area contributed by atoms with Crippen LogP contribution in [0.1, 0.15) is 30.6 Å². The quantitative estimate of drug-likeness (QED) is 0.488. The van der Waals surface area contributed by atoms with Gasteiger partial charge >= 0.3 is 0 Å². The van der Waals surface area contributed by atoms with E-state index in [2.05, 4.69) is 16.2 Å². The van der Waals surface area contributed by atoms with Crippen molar-refractivity contribution < 1.29 is 19.1 Å². The largest absolute Gasteiger partial charge is 0.491 e. The highest BCUT2D eigenvalue weighted by Gasteiger charge is 2.10. The van der Waals surface area contributed by atoms with Crippen LogP contribution in [-0.4, -0.2) is 29.6 Å². The van der Waals surface area contributed by atoms with Gasteiger partial charge in [0.1, 0.15) is 11.5 Å². The van der Waals surface area contributed by atoms with Gasteiger partial charge in [0.05, 0.1) is 6.10 Å². The van der Waals surface area contributed by atoms with Gasteiger partial charge in [0.15, 0.2) is 11.7 Å². The highest BCUT2D eigenvalue weighted by molar-refractivity contribution is 7.80. The summed E-state index contributed by atoms with van der Waals surface area (Å²) in [5, 5.41) is 2.45. The zero-order chi connectivity index (χ0) is 20.4. The molecule has 1 unspecified atom stereocenters. The molecule has 0 saturated carbocycles. The number of hydrogen-bond donors (Lipinski definition) is 3. The van der Waals surface area contributed by atoms with Crippen LogP contribution in [0.4, 0.5) is 0 Å². The van der Waals surface area contributed by atoms with Crippen LogP contribution in [0.5, 0.6) is 11.5 Å². The van der Waals surface area contributed by atoms with Crippen molar-refractivity contribution in [2.45, 2.75) is 26.4 Å². The lowest BCUT2D eigenvalue weighted by Gasteiger charge is -2.13. The Morgan fingerprint density at radius 2 is 1.68 bits per heavy atom. The molecule has 0 aliphatic heterocycles. The fourth-order valence-electron chi connectivity index (χ4n) is 2.04. The first kappa shape index (κ1) is 21.2. The first-order valence-electron chi connectivity index (χ1n) is 8.82. The molecule has 8 heteroatoms. The molecule has 0 fully saturated rings. The van der Waals surface area contributed by atoms with Crippen LogP contribution in [0.15, 0.2) is 54.6 Å². The minimum absolute atomic E-state index is 0.0296. The van der Waals surface area contributed by atoms with Gasteiger partial charge in [-0.3, -0.25) is 25.8 Å². The van der Waals surface area contributed by atoms with Gasteiger partial charge in [-0.2, -0.15) is 0 Å². The van der Waals surface area contributed by atoms with Crippen LogP contribution in [0.2, 0.25) is 0 Å². The van der Waals surface area contributed by atoms with Crippen LogP contribution in [0, 0.1) is 0 Å². The molecular weight excluding hydrogens is 378 g/mol. The lowest BCUT2D eigenvalue weighted by atomic mass is 10.2. The molecule has 2 rings (SSSR count). The second-order valence-corrected chi connectivity index (χ2v) is 6.33. The maximum absolute atomic E-state index is 12.2. The Morgan fingerprint density at radius 3 is 2.32 bits per heavy atom.